The summed E-state index contributed by atoms with van der Waals surface area (Å²) in [7, 11) is 0. The largest absolute Gasteiger partial charge is 0.397 e. The number of anilines is 1. The monoisotopic (exact) mass is 198 g/mol. The summed E-state index contributed by atoms with van der Waals surface area (Å²) in [5.41, 5.74) is 8.41. The highest BCUT2D eigenvalue weighted by Crippen LogP contribution is 2.30. The van der Waals surface area contributed by atoms with Gasteiger partial charge in [-0.2, -0.15) is 0 Å². The molecule has 2 rings (SSSR count). The first kappa shape index (κ1) is 7.83. The third kappa shape index (κ3) is 1.15. The second kappa shape index (κ2) is 2.61. The number of nitrogens with two attached hydrogens (primary N) is 1. The van der Waals surface area contributed by atoms with E-state index in [2.05, 4.69) is 4.98 Å². The second-order valence-electron chi connectivity index (χ2n) is 2.67. The van der Waals surface area contributed by atoms with Gasteiger partial charge < -0.3 is 5.73 Å². The SMILES string of the molecule is Cc1cc(N)c2nc(Cl)sc2c1. The van der Waals surface area contributed by atoms with E-state index in [4.69, 9.17) is 17.3 Å². The number of benzene rings is 1. The van der Waals surface area contributed by atoms with Crippen LogP contribution in [0.15, 0.2) is 12.1 Å². The van der Waals surface area contributed by atoms with Crippen LogP contribution in [0.25, 0.3) is 10.2 Å². The van der Waals surface area contributed by atoms with Crippen molar-refractivity contribution in [2.45, 2.75) is 6.92 Å². The molecule has 0 saturated heterocycles. The lowest BCUT2D eigenvalue weighted by Gasteiger charge is -1.95. The Kier molecular flexibility index (Phi) is 1.70. The number of aromatic nitrogens is 1. The first-order valence-electron chi connectivity index (χ1n) is 3.49. The fourth-order valence-corrected chi connectivity index (χ4v) is 2.33. The molecular formula is C8H7ClN2S. The van der Waals surface area contributed by atoms with E-state index in [-0.39, 0.29) is 0 Å². The smallest absolute Gasteiger partial charge is 0.184 e. The lowest BCUT2D eigenvalue weighted by Crippen LogP contribution is -1.86. The van der Waals surface area contributed by atoms with E-state index in [1.807, 2.05) is 19.1 Å². The highest BCUT2D eigenvalue weighted by Gasteiger charge is 2.04. The third-order valence-corrected chi connectivity index (χ3v) is 2.75. The molecule has 0 unspecified atom stereocenters. The molecule has 0 atom stereocenters. The molecule has 12 heavy (non-hydrogen) atoms. The Balaban J connectivity index is 2.88. The van der Waals surface area contributed by atoms with Crippen LogP contribution in [0.4, 0.5) is 5.69 Å². The summed E-state index contributed by atoms with van der Waals surface area (Å²) < 4.78 is 1.60. The highest BCUT2D eigenvalue weighted by molar-refractivity contribution is 7.22. The Labute approximate surface area is 79.0 Å². The van der Waals surface area contributed by atoms with Crippen LogP contribution in [-0.2, 0) is 0 Å². The molecule has 62 valence electrons. The number of fused-ring (bicyclic) bond motifs is 1. The number of nitrogen functional groups attached to an aromatic ring is 1. The number of nitrogens with zero attached hydrogens (tertiary/aromatic N) is 1. The molecule has 4 heteroatoms. The van der Waals surface area contributed by atoms with E-state index in [9.17, 15) is 0 Å². The molecule has 0 bridgehead atoms. The van der Waals surface area contributed by atoms with Crippen molar-refractivity contribution >= 4 is 38.8 Å². The van der Waals surface area contributed by atoms with Crippen molar-refractivity contribution in [3.8, 4) is 0 Å². The van der Waals surface area contributed by atoms with Crippen LogP contribution in [0.2, 0.25) is 4.47 Å². The number of thiazole rings is 1. The van der Waals surface area contributed by atoms with Gasteiger partial charge in [0.15, 0.2) is 4.47 Å². The van der Waals surface area contributed by atoms with Gasteiger partial charge in [-0.05, 0) is 24.6 Å². The lowest BCUT2D eigenvalue weighted by atomic mass is 10.2. The fourth-order valence-electron chi connectivity index (χ4n) is 1.17. The Morgan fingerprint density at radius 3 is 3.00 bits per heavy atom. The van der Waals surface area contributed by atoms with Gasteiger partial charge >= 0.3 is 0 Å². The van der Waals surface area contributed by atoms with Crippen molar-refractivity contribution in [1.82, 2.24) is 4.98 Å². The molecule has 1 aromatic carbocycles. The van der Waals surface area contributed by atoms with Crippen molar-refractivity contribution in [3.05, 3.63) is 22.2 Å². The van der Waals surface area contributed by atoms with E-state index in [1.165, 1.54) is 11.3 Å². The number of hydrogen-bond acceptors (Lipinski definition) is 3. The minimum absolute atomic E-state index is 0.544. The summed E-state index contributed by atoms with van der Waals surface area (Å²) in [6.45, 7) is 2.00. The zero-order valence-corrected chi connectivity index (χ0v) is 8.04. The molecule has 1 aromatic heterocycles. The van der Waals surface area contributed by atoms with Crippen LogP contribution in [0.3, 0.4) is 0 Å². The van der Waals surface area contributed by atoms with E-state index < -0.39 is 0 Å². The maximum Gasteiger partial charge on any atom is 0.184 e. The van der Waals surface area contributed by atoms with Crippen molar-refractivity contribution < 1.29 is 0 Å². The zero-order chi connectivity index (χ0) is 8.72. The van der Waals surface area contributed by atoms with Gasteiger partial charge in [0.05, 0.1) is 10.4 Å². The van der Waals surface area contributed by atoms with Gasteiger partial charge in [0.25, 0.3) is 0 Å². The van der Waals surface area contributed by atoms with Gasteiger partial charge in [-0.1, -0.05) is 11.6 Å². The summed E-state index contributed by atoms with van der Waals surface area (Å²) in [6, 6.07) is 3.94. The molecule has 0 amide bonds. The fraction of sp³-hybridized carbons (Fsp3) is 0.125. The van der Waals surface area contributed by atoms with Crippen molar-refractivity contribution in [1.29, 1.82) is 0 Å². The maximum absolute atomic E-state index is 5.76. The van der Waals surface area contributed by atoms with Crippen LogP contribution in [-0.4, -0.2) is 4.98 Å². The number of rotatable bonds is 0. The van der Waals surface area contributed by atoms with Crippen molar-refractivity contribution in [2.24, 2.45) is 0 Å². The molecule has 2 N–H and O–H groups in total. The first-order valence-corrected chi connectivity index (χ1v) is 4.68. The van der Waals surface area contributed by atoms with Crippen LogP contribution < -0.4 is 5.73 Å². The normalized spacial score (nSPS) is 10.8. The standard InChI is InChI=1S/C8H7ClN2S/c1-4-2-5(10)7-6(3-4)12-8(9)11-7/h2-3H,10H2,1H3. The summed E-state index contributed by atoms with van der Waals surface area (Å²) in [4.78, 5) is 4.11. The summed E-state index contributed by atoms with van der Waals surface area (Å²) in [5.74, 6) is 0. The van der Waals surface area contributed by atoms with E-state index in [1.54, 1.807) is 0 Å². The van der Waals surface area contributed by atoms with Gasteiger partial charge in [-0.15, -0.1) is 11.3 Å². The molecule has 0 saturated carbocycles. The van der Waals surface area contributed by atoms with Gasteiger partial charge in [0.2, 0.25) is 0 Å². The third-order valence-electron chi connectivity index (χ3n) is 1.64. The molecule has 1 heterocycles. The zero-order valence-electron chi connectivity index (χ0n) is 6.47. The van der Waals surface area contributed by atoms with Gasteiger partial charge in [0.1, 0.15) is 5.52 Å². The van der Waals surface area contributed by atoms with Crippen LogP contribution in [0.1, 0.15) is 5.56 Å². The maximum atomic E-state index is 5.76. The molecule has 0 fully saturated rings. The molecule has 0 radical (unpaired) electrons. The quantitative estimate of drug-likeness (QED) is 0.662. The van der Waals surface area contributed by atoms with Crippen molar-refractivity contribution in [3.63, 3.8) is 0 Å². The van der Waals surface area contributed by atoms with E-state index in [0.29, 0.717) is 10.2 Å². The Morgan fingerprint density at radius 2 is 2.25 bits per heavy atom. The lowest BCUT2D eigenvalue weighted by molar-refractivity contribution is 1.46. The first-order chi connectivity index (χ1) is 5.66. The summed E-state index contributed by atoms with van der Waals surface area (Å²) in [6.07, 6.45) is 0. The average Bonchev–Trinajstić information content (AvgIpc) is 2.29. The molecule has 0 aliphatic carbocycles. The predicted octanol–water partition coefficient (Wildman–Crippen LogP) is 2.84. The number of halogens is 1. The minimum atomic E-state index is 0.544. The molecule has 0 aliphatic heterocycles. The Bertz CT molecular complexity index is 436. The molecule has 2 nitrogen and oxygen atoms in total. The summed E-state index contributed by atoms with van der Waals surface area (Å²) in [5, 5.41) is 0. The highest BCUT2D eigenvalue weighted by atomic mass is 35.5. The van der Waals surface area contributed by atoms with Crippen LogP contribution >= 0.6 is 22.9 Å². The van der Waals surface area contributed by atoms with Gasteiger partial charge in [-0.3, -0.25) is 0 Å². The topological polar surface area (TPSA) is 38.9 Å². The minimum Gasteiger partial charge on any atom is -0.397 e. The predicted molar refractivity (Wildman–Crippen MR) is 53.8 cm³/mol. The van der Waals surface area contributed by atoms with Crippen LogP contribution in [0, 0.1) is 6.92 Å². The average molecular weight is 199 g/mol. The Morgan fingerprint density at radius 1 is 1.50 bits per heavy atom. The number of aryl methyl sites for hydroxylation is 1. The van der Waals surface area contributed by atoms with E-state index >= 15 is 0 Å². The molecule has 2 aromatic rings. The summed E-state index contributed by atoms with van der Waals surface area (Å²) >= 11 is 7.21. The van der Waals surface area contributed by atoms with Crippen LogP contribution in [0.5, 0.6) is 0 Å². The molecule has 0 spiro atoms. The second-order valence-corrected chi connectivity index (χ2v) is 4.28. The molecular weight excluding hydrogens is 192 g/mol. The van der Waals surface area contributed by atoms with E-state index in [0.717, 1.165) is 15.8 Å². The van der Waals surface area contributed by atoms with Crippen molar-refractivity contribution in [2.75, 3.05) is 5.73 Å². The Hall–Kier alpha value is -0.800. The molecule has 0 aliphatic rings. The van der Waals surface area contributed by atoms with Gasteiger partial charge in [0, 0.05) is 0 Å². The van der Waals surface area contributed by atoms with Gasteiger partial charge in [-0.25, -0.2) is 4.98 Å². The number of hydrogen-bond donors (Lipinski definition) is 1.